The maximum Gasteiger partial charge on any atom is 0.0636 e. The van der Waals surface area contributed by atoms with Crippen LogP contribution in [0.4, 0.5) is 0 Å². The molecular weight excluding hydrogens is 528 g/mol. The molecule has 0 aliphatic heterocycles. The Bertz CT molecular complexity index is 4000. The molecule has 0 saturated heterocycles. The molecule has 9 aromatic rings. The van der Waals surface area contributed by atoms with E-state index in [0.29, 0.717) is 0 Å². The summed E-state index contributed by atoms with van der Waals surface area (Å²) in [5, 5.41) is -6.62. The van der Waals surface area contributed by atoms with Crippen LogP contribution in [0.3, 0.4) is 0 Å². The van der Waals surface area contributed by atoms with Crippen LogP contribution in [0, 0.1) is 0 Å². The van der Waals surface area contributed by atoms with Crippen LogP contribution in [0.2, 0.25) is 0 Å². The second-order valence-corrected chi connectivity index (χ2v) is 9.50. The summed E-state index contributed by atoms with van der Waals surface area (Å²) < 4.78 is 251. The molecule has 0 heterocycles. The molecule has 0 bridgehead atoms. The summed E-state index contributed by atoms with van der Waals surface area (Å²) in [4.78, 5) is 0. The highest BCUT2D eigenvalue weighted by atomic mass is 14.2. The molecule has 44 heavy (non-hydrogen) atoms. The fourth-order valence-corrected chi connectivity index (χ4v) is 5.34. The lowest BCUT2D eigenvalue weighted by molar-refractivity contribution is 1.64. The van der Waals surface area contributed by atoms with Crippen molar-refractivity contribution in [3.8, 4) is 33.4 Å². The van der Waals surface area contributed by atoms with Gasteiger partial charge in [0.1, 0.15) is 0 Å². The van der Waals surface area contributed by atoms with E-state index in [1.807, 2.05) is 0 Å². The lowest BCUT2D eigenvalue weighted by atomic mass is 9.84. The lowest BCUT2D eigenvalue weighted by Gasteiger charge is -2.19. The van der Waals surface area contributed by atoms with Crippen molar-refractivity contribution in [2.75, 3.05) is 0 Å². The maximum absolute atomic E-state index is 9.64. The SMILES string of the molecule is [2H]c1c([2H])c(-c2c([2H])c3c([2H])c([2H])c([2H])c([2H])c3c3c([2H])c([2H])c([2H])c([2H])c23)c([2H])c([2H])c1-c1c2c([2H])c([2H])c([2H])c([2H])c2c(-c2c([2H])c([2H])c([2H])c3c([2H])c([2H])c([2H])c([2H])c23)c2c([2H])c([2H])c([2H])c([2H])c12. The molecule has 9 rings (SSSR count). The van der Waals surface area contributed by atoms with Gasteiger partial charge in [0, 0.05) is 0 Å². The molecule has 0 nitrogen and oxygen atoms in total. The molecule has 0 unspecified atom stereocenters. The zero-order valence-electron chi connectivity index (χ0n) is 50.0. The zero-order valence-corrected chi connectivity index (χ0v) is 22.0. The highest BCUT2D eigenvalue weighted by Gasteiger charge is 2.18. The van der Waals surface area contributed by atoms with Gasteiger partial charge >= 0.3 is 0 Å². The van der Waals surface area contributed by atoms with Crippen LogP contribution in [-0.2, 0) is 0 Å². The third-order valence-electron chi connectivity index (χ3n) is 7.19. The van der Waals surface area contributed by atoms with E-state index < -0.39 is 256 Å². The molecule has 0 heteroatoms. The van der Waals surface area contributed by atoms with Gasteiger partial charge in [0.05, 0.1) is 38.4 Å². The second-order valence-electron chi connectivity index (χ2n) is 9.50. The molecule has 9 aromatic carbocycles. The van der Waals surface area contributed by atoms with E-state index in [9.17, 15) is 13.7 Å². The largest absolute Gasteiger partial charge is 0.0636 e. The minimum Gasteiger partial charge on any atom is -0.0616 e. The fraction of sp³-hybridized carbons (Fsp3) is 0. The first-order valence-electron chi connectivity index (χ1n) is 27.0. The van der Waals surface area contributed by atoms with E-state index in [1.165, 1.54) is 0 Å². The number of benzene rings is 9. The Kier molecular flexibility index (Phi) is 2.18. The summed E-state index contributed by atoms with van der Waals surface area (Å²) in [5.41, 5.74) is -4.70. The molecule has 0 aliphatic carbocycles. The van der Waals surface area contributed by atoms with Gasteiger partial charge in [-0.25, -0.2) is 0 Å². The van der Waals surface area contributed by atoms with E-state index in [-0.39, 0.29) is 0 Å². The van der Waals surface area contributed by atoms with Gasteiger partial charge in [0.25, 0.3) is 0 Å². The van der Waals surface area contributed by atoms with Crippen molar-refractivity contribution in [2.24, 2.45) is 0 Å². The third-order valence-corrected chi connectivity index (χ3v) is 7.19. The normalized spacial score (nSPS) is 20.5. The summed E-state index contributed by atoms with van der Waals surface area (Å²) >= 11 is 0. The quantitative estimate of drug-likeness (QED) is 0.143. The first-order chi connectivity index (χ1) is 33.5. The number of hydrogen-bond acceptors (Lipinski definition) is 0. The molecule has 204 valence electrons. The van der Waals surface area contributed by atoms with Crippen molar-refractivity contribution >= 4 is 53.9 Å². The van der Waals surface area contributed by atoms with E-state index >= 15 is 0 Å². The molecule has 0 radical (unpaired) electrons. The summed E-state index contributed by atoms with van der Waals surface area (Å²) in [6.45, 7) is 0. The highest BCUT2D eigenvalue weighted by Crippen LogP contribution is 2.45. The maximum atomic E-state index is 9.64. The van der Waals surface area contributed by atoms with Crippen LogP contribution >= 0.6 is 0 Å². The van der Waals surface area contributed by atoms with Gasteiger partial charge in [-0.1, -0.05) is 163 Å². The second kappa shape index (κ2) is 9.93. The standard InChI is InChI=1S/C44H28/c1-3-15-33-29(12-1)14-11-23-37(33)44-40-21-9-7-19-38(40)43(39-20-8-10-22-41(39)44)31-26-24-30(25-27-31)42-28-32-13-2-4-16-34(32)35-17-5-6-18-36(35)42/h1-28H/i1D,2D,3D,4D,5D,6D,7D,8D,9D,10D,11D,12D,13D,14D,15D,16D,17D,18D,19D,20D,21D,22D,23D,24D,25D,26D,27D,28D. The summed E-state index contributed by atoms with van der Waals surface area (Å²) in [7, 11) is 0. The van der Waals surface area contributed by atoms with Crippen LogP contribution in [-0.4, -0.2) is 0 Å². The van der Waals surface area contributed by atoms with Crippen LogP contribution in [0.25, 0.3) is 87.2 Å². The molecule has 0 N–H and O–H groups in total. The molecule has 0 aromatic heterocycles. The summed E-state index contributed by atoms with van der Waals surface area (Å²) in [6.07, 6.45) is 0. The first-order valence-corrected chi connectivity index (χ1v) is 13.0. The van der Waals surface area contributed by atoms with E-state index in [1.54, 1.807) is 0 Å². The summed E-state index contributed by atoms with van der Waals surface area (Å²) in [5.74, 6) is 0. The molecule has 0 spiro atoms. The predicted molar refractivity (Wildman–Crippen MR) is 190 cm³/mol. The number of hydrogen-bond donors (Lipinski definition) is 0. The van der Waals surface area contributed by atoms with Crippen molar-refractivity contribution in [2.45, 2.75) is 0 Å². The Labute approximate surface area is 295 Å². The Morgan fingerprint density at radius 2 is 0.727 bits per heavy atom. The Balaban J connectivity index is 1.59. The average Bonchev–Trinajstić information content (AvgIpc) is 3.35. The minimum atomic E-state index is -1.13. The van der Waals surface area contributed by atoms with Gasteiger partial charge in [-0.2, -0.15) is 0 Å². The molecule has 0 aliphatic rings. The number of rotatable bonds is 3. The van der Waals surface area contributed by atoms with Gasteiger partial charge < -0.3 is 0 Å². The van der Waals surface area contributed by atoms with Gasteiger partial charge in [-0.3, -0.25) is 0 Å². The van der Waals surface area contributed by atoms with Crippen LogP contribution < -0.4 is 0 Å². The Hall–Kier alpha value is -5.72. The van der Waals surface area contributed by atoms with Crippen molar-refractivity contribution in [1.82, 2.24) is 0 Å². The van der Waals surface area contributed by atoms with Crippen molar-refractivity contribution in [3.05, 3.63) is 169 Å². The molecule has 0 amide bonds. The van der Waals surface area contributed by atoms with Crippen molar-refractivity contribution < 1.29 is 38.4 Å². The zero-order chi connectivity index (χ0) is 53.4. The van der Waals surface area contributed by atoms with Gasteiger partial charge in [-0.05, 0) is 93.3 Å². The summed E-state index contributed by atoms with van der Waals surface area (Å²) in [6, 6.07) is -26.6. The average molecular weight is 585 g/mol. The minimum absolute atomic E-state index is 0.515. The van der Waals surface area contributed by atoms with E-state index in [4.69, 9.17) is 24.7 Å². The van der Waals surface area contributed by atoms with E-state index in [0.717, 1.165) is 0 Å². The molecule has 0 fully saturated rings. The monoisotopic (exact) mass is 584 g/mol. The van der Waals surface area contributed by atoms with Gasteiger partial charge in [0.15, 0.2) is 0 Å². The third kappa shape index (κ3) is 3.78. The Morgan fingerprint density at radius 1 is 0.273 bits per heavy atom. The molecule has 0 atom stereocenters. The number of fused-ring (bicyclic) bond motifs is 6. The van der Waals surface area contributed by atoms with E-state index in [2.05, 4.69) is 0 Å². The molecular formula is C44H28. The molecule has 0 saturated carbocycles. The topological polar surface area (TPSA) is 0 Å². The van der Waals surface area contributed by atoms with Crippen LogP contribution in [0.15, 0.2) is 169 Å². The smallest absolute Gasteiger partial charge is 0.0616 e. The fourth-order valence-electron chi connectivity index (χ4n) is 5.34. The van der Waals surface area contributed by atoms with Gasteiger partial charge in [0.2, 0.25) is 0 Å². The first kappa shape index (κ1) is 9.64. The predicted octanol–water partition coefficient (Wildman–Crippen LogP) is 12.5. The van der Waals surface area contributed by atoms with Crippen molar-refractivity contribution in [3.63, 3.8) is 0 Å². The lowest BCUT2D eigenvalue weighted by Crippen LogP contribution is -1.91. The van der Waals surface area contributed by atoms with Gasteiger partial charge in [-0.15, -0.1) is 0 Å². The van der Waals surface area contributed by atoms with Crippen LogP contribution in [0.5, 0.6) is 0 Å². The van der Waals surface area contributed by atoms with Crippen LogP contribution in [0.1, 0.15) is 38.4 Å². The highest BCUT2D eigenvalue weighted by molar-refractivity contribution is 6.23. The van der Waals surface area contributed by atoms with Crippen molar-refractivity contribution in [1.29, 1.82) is 0 Å². The Morgan fingerprint density at radius 3 is 1.39 bits per heavy atom.